The van der Waals surface area contributed by atoms with Crippen LogP contribution >= 0.6 is 0 Å². The lowest BCUT2D eigenvalue weighted by molar-refractivity contribution is -0.384. The molecule has 0 fully saturated rings. The van der Waals surface area contributed by atoms with Crippen molar-refractivity contribution in [3.05, 3.63) is 46.5 Å². The van der Waals surface area contributed by atoms with Crippen LogP contribution in [0.4, 0.5) is 11.4 Å². The van der Waals surface area contributed by atoms with Gasteiger partial charge in [0.1, 0.15) is 11.6 Å². The maximum absolute atomic E-state index is 11.0. The fourth-order valence-electron chi connectivity index (χ4n) is 2.06. The molecule has 2 N–H and O–H groups in total. The first-order valence-electron chi connectivity index (χ1n) is 6.82. The summed E-state index contributed by atoms with van der Waals surface area (Å²) in [7, 11) is 0. The normalized spacial score (nSPS) is 11.9. The standard InChI is InChI=1S/C14H18N4O3/c1-3-13(14-15-5-6-16-14)17-10-7-11(18(19)20)9-12(8-10)21-4-2/h5-9,13,17H,3-4H2,1-2H3,(H,15,16). The fraction of sp³-hybridized carbons (Fsp3) is 0.357. The molecule has 1 heterocycles. The van der Waals surface area contributed by atoms with Gasteiger partial charge in [0.25, 0.3) is 5.69 Å². The minimum atomic E-state index is -0.429. The van der Waals surface area contributed by atoms with Crippen LogP contribution in [0.3, 0.4) is 0 Å². The molecule has 0 bridgehead atoms. The Bertz CT molecular complexity index is 598. The second-order valence-corrected chi connectivity index (χ2v) is 4.49. The molecule has 1 aromatic carbocycles. The Balaban J connectivity index is 2.27. The number of benzene rings is 1. The van der Waals surface area contributed by atoms with E-state index in [2.05, 4.69) is 15.3 Å². The number of imidazole rings is 1. The van der Waals surface area contributed by atoms with Crippen LogP contribution in [0.15, 0.2) is 30.6 Å². The van der Waals surface area contributed by atoms with Crippen molar-refractivity contribution in [2.24, 2.45) is 0 Å². The monoisotopic (exact) mass is 290 g/mol. The molecule has 0 amide bonds. The molecular weight excluding hydrogens is 272 g/mol. The molecule has 0 saturated carbocycles. The van der Waals surface area contributed by atoms with Gasteiger partial charge in [-0.1, -0.05) is 6.92 Å². The second kappa shape index (κ2) is 6.74. The average Bonchev–Trinajstić information content (AvgIpc) is 2.99. The van der Waals surface area contributed by atoms with Crippen LogP contribution in [0.25, 0.3) is 0 Å². The lowest BCUT2D eigenvalue weighted by Crippen LogP contribution is -2.11. The van der Waals surface area contributed by atoms with E-state index in [9.17, 15) is 10.1 Å². The first-order chi connectivity index (χ1) is 10.1. The molecule has 1 atom stereocenters. The van der Waals surface area contributed by atoms with E-state index in [1.807, 2.05) is 13.8 Å². The van der Waals surface area contributed by atoms with E-state index in [4.69, 9.17) is 4.74 Å². The van der Waals surface area contributed by atoms with Gasteiger partial charge < -0.3 is 15.0 Å². The SMILES string of the molecule is CCOc1cc(NC(CC)c2ncc[nH]2)cc([N+](=O)[O-])c1. The summed E-state index contributed by atoms with van der Waals surface area (Å²) in [6.07, 6.45) is 4.22. The van der Waals surface area contributed by atoms with Crippen LogP contribution < -0.4 is 10.1 Å². The molecule has 0 radical (unpaired) electrons. The van der Waals surface area contributed by atoms with Crippen molar-refractivity contribution >= 4 is 11.4 Å². The largest absolute Gasteiger partial charge is 0.494 e. The summed E-state index contributed by atoms with van der Waals surface area (Å²) < 4.78 is 5.38. The van der Waals surface area contributed by atoms with Gasteiger partial charge >= 0.3 is 0 Å². The number of nitrogens with one attached hydrogen (secondary N) is 2. The number of anilines is 1. The first-order valence-corrected chi connectivity index (χ1v) is 6.82. The van der Waals surface area contributed by atoms with Crippen molar-refractivity contribution in [2.45, 2.75) is 26.3 Å². The Labute approximate surface area is 122 Å². The quantitative estimate of drug-likeness (QED) is 0.603. The van der Waals surface area contributed by atoms with Crippen LogP contribution in [-0.4, -0.2) is 21.5 Å². The number of ether oxygens (including phenoxy) is 1. The molecule has 21 heavy (non-hydrogen) atoms. The molecular formula is C14H18N4O3. The highest BCUT2D eigenvalue weighted by atomic mass is 16.6. The van der Waals surface area contributed by atoms with Gasteiger partial charge in [-0.05, 0) is 13.3 Å². The molecule has 0 aliphatic carbocycles. The molecule has 112 valence electrons. The van der Waals surface area contributed by atoms with Crippen molar-refractivity contribution in [1.82, 2.24) is 9.97 Å². The fourth-order valence-corrected chi connectivity index (χ4v) is 2.06. The number of nitro groups is 1. The Hall–Kier alpha value is -2.57. The highest BCUT2D eigenvalue weighted by Crippen LogP contribution is 2.29. The molecule has 0 aliphatic heterocycles. The number of hydrogen-bond donors (Lipinski definition) is 2. The van der Waals surface area contributed by atoms with Crippen LogP contribution in [-0.2, 0) is 0 Å². The zero-order chi connectivity index (χ0) is 15.2. The van der Waals surface area contributed by atoms with Gasteiger partial charge in [0.15, 0.2) is 0 Å². The van der Waals surface area contributed by atoms with E-state index in [-0.39, 0.29) is 11.7 Å². The smallest absolute Gasteiger partial charge is 0.275 e. The minimum Gasteiger partial charge on any atom is -0.494 e. The minimum absolute atomic E-state index is 0.00209. The van der Waals surface area contributed by atoms with Crippen molar-refractivity contribution in [2.75, 3.05) is 11.9 Å². The van der Waals surface area contributed by atoms with Crippen LogP contribution in [0.1, 0.15) is 32.1 Å². The summed E-state index contributed by atoms with van der Waals surface area (Å²) in [5, 5.41) is 14.2. The Morgan fingerprint density at radius 1 is 1.43 bits per heavy atom. The van der Waals surface area contributed by atoms with Gasteiger partial charge in [0.2, 0.25) is 0 Å². The molecule has 1 unspecified atom stereocenters. The number of aromatic amines is 1. The van der Waals surface area contributed by atoms with E-state index < -0.39 is 4.92 Å². The molecule has 0 aliphatic rings. The predicted octanol–water partition coefficient (Wildman–Crippen LogP) is 3.28. The summed E-state index contributed by atoms with van der Waals surface area (Å²) in [6.45, 7) is 4.31. The van der Waals surface area contributed by atoms with Crippen LogP contribution in [0.5, 0.6) is 5.75 Å². The van der Waals surface area contributed by atoms with E-state index in [1.54, 1.807) is 18.5 Å². The summed E-state index contributed by atoms with van der Waals surface area (Å²) in [6, 6.07) is 4.62. The van der Waals surface area contributed by atoms with Crippen LogP contribution in [0, 0.1) is 10.1 Å². The third kappa shape index (κ3) is 3.71. The van der Waals surface area contributed by atoms with E-state index >= 15 is 0 Å². The maximum Gasteiger partial charge on any atom is 0.275 e. The molecule has 0 saturated heterocycles. The molecule has 2 rings (SSSR count). The van der Waals surface area contributed by atoms with E-state index in [1.165, 1.54) is 12.1 Å². The van der Waals surface area contributed by atoms with Crippen molar-refractivity contribution in [3.63, 3.8) is 0 Å². The van der Waals surface area contributed by atoms with Gasteiger partial charge in [-0.15, -0.1) is 0 Å². The summed E-state index contributed by atoms with van der Waals surface area (Å²) in [5.74, 6) is 1.27. The number of nitro benzene ring substituents is 1. The molecule has 2 aromatic rings. The Morgan fingerprint density at radius 3 is 2.81 bits per heavy atom. The Morgan fingerprint density at radius 2 is 2.24 bits per heavy atom. The van der Waals surface area contributed by atoms with Crippen LogP contribution in [0.2, 0.25) is 0 Å². The maximum atomic E-state index is 11.0. The second-order valence-electron chi connectivity index (χ2n) is 4.49. The van der Waals surface area contributed by atoms with Gasteiger partial charge in [-0.2, -0.15) is 0 Å². The topological polar surface area (TPSA) is 93.1 Å². The highest BCUT2D eigenvalue weighted by molar-refractivity contribution is 5.57. The third-order valence-corrected chi connectivity index (χ3v) is 3.01. The van der Waals surface area contributed by atoms with E-state index in [0.29, 0.717) is 18.0 Å². The summed E-state index contributed by atoms with van der Waals surface area (Å²) in [5.41, 5.74) is 0.633. The number of hydrogen-bond acceptors (Lipinski definition) is 5. The summed E-state index contributed by atoms with van der Waals surface area (Å²) >= 11 is 0. The van der Waals surface area contributed by atoms with Gasteiger partial charge in [-0.25, -0.2) is 4.98 Å². The number of non-ortho nitro benzene ring substituents is 1. The first kappa shape index (κ1) is 14.8. The number of H-pyrrole nitrogens is 1. The highest BCUT2D eigenvalue weighted by Gasteiger charge is 2.15. The third-order valence-electron chi connectivity index (χ3n) is 3.01. The van der Waals surface area contributed by atoms with Crippen molar-refractivity contribution in [3.8, 4) is 5.75 Å². The van der Waals surface area contributed by atoms with Crippen molar-refractivity contribution in [1.29, 1.82) is 0 Å². The van der Waals surface area contributed by atoms with Gasteiger partial charge in [0.05, 0.1) is 23.6 Å². The van der Waals surface area contributed by atoms with Gasteiger partial charge in [0, 0.05) is 30.2 Å². The molecule has 7 heteroatoms. The lowest BCUT2D eigenvalue weighted by atomic mass is 10.2. The molecule has 1 aromatic heterocycles. The summed E-state index contributed by atoms with van der Waals surface area (Å²) in [4.78, 5) is 17.8. The number of nitrogens with zero attached hydrogens (tertiary/aromatic N) is 2. The number of aromatic nitrogens is 2. The predicted molar refractivity (Wildman–Crippen MR) is 79.5 cm³/mol. The van der Waals surface area contributed by atoms with E-state index in [0.717, 1.165) is 12.2 Å². The van der Waals surface area contributed by atoms with Crippen molar-refractivity contribution < 1.29 is 9.66 Å². The number of rotatable bonds is 7. The molecule has 7 nitrogen and oxygen atoms in total. The molecule has 0 spiro atoms. The van der Waals surface area contributed by atoms with Gasteiger partial charge in [-0.3, -0.25) is 10.1 Å². The lowest BCUT2D eigenvalue weighted by Gasteiger charge is -2.16. The zero-order valence-electron chi connectivity index (χ0n) is 12.0. The zero-order valence-corrected chi connectivity index (χ0v) is 12.0. The Kier molecular flexibility index (Phi) is 4.76. The average molecular weight is 290 g/mol.